The Hall–Kier alpha value is -2.66. The van der Waals surface area contributed by atoms with Crippen LogP contribution in [-0.2, 0) is 17.8 Å². The summed E-state index contributed by atoms with van der Waals surface area (Å²) in [6, 6.07) is 14.0. The first-order chi connectivity index (χ1) is 11.1. The van der Waals surface area contributed by atoms with Gasteiger partial charge in [-0.3, -0.25) is 19.3 Å². The van der Waals surface area contributed by atoms with Crippen molar-refractivity contribution in [1.29, 1.82) is 0 Å². The van der Waals surface area contributed by atoms with E-state index in [2.05, 4.69) is 0 Å². The number of benzene rings is 2. The number of fused-ring (bicyclic) bond motifs is 1. The number of imide groups is 1. The minimum atomic E-state index is -0.875. The lowest BCUT2D eigenvalue weighted by molar-refractivity contribution is -0.136. The van der Waals surface area contributed by atoms with Crippen molar-refractivity contribution in [1.82, 2.24) is 4.90 Å². The second-order valence-electron chi connectivity index (χ2n) is 5.40. The maximum Gasteiger partial charge on any atom is 0.303 e. The van der Waals surface area contributed by atoms with Gasteiger partial charge in [0, 0.05) is 6.42 Å². The van der Waals surface area contributed by atoms with E-state index in [1.807, 2.05) is 24.3 Å². The first-order valence-electron chi connectivity index (χ1n) is 7.31. The van der Waals surface area contributed by atoms with Crippen molar-refractivity contribution in [2.45, 2.75) is 19.4 Å². The molecule has 0 aromatic heterocycles. The number of nitrogens with zero attached hydrogens (tertiary/aromatic N) is 1. The molecule has 0 aliphatic carbocycles. The zero-order valence-corrected chi connectivity index (χ0v) is 13.6. The Kier molecular flexibility index (Phi) is 5.36. The lowest BCUT2D eigenvalue weighted by Crippen LogP contribution is -2.29. The largest absolute Gasteiger partial charge is 0.481 e. The van der Waals surface area contributed by atoms with Crippen LogP contribution in [0.25, 0.3) is 0 Å². The highest BCUT2D eigenvalue weighted by Crippen LogP contribution is 2.25. The number of aryl methyl sites for hydroxylation is 1. The minimum Gasteiger partial charge on any atom is -0.481 e. The molecule has 6 heteroatoms. The maximum absolute atomic E-state index is 12.4. The van der Waals surface area contributed by atoms with E-state index in [1.165, 1.54) is 4.90 Å². The third-order valence-electron chi connectivity index (χ3n) is 3.93. The maximum atomic E-state index is 12.4. The molecule has 0 bridgehead atoms. The van der Waals surface area contributed by atoms with Gasteiger partial charge in [0.15, 0.2) is 0 Å². The third-order valence-corrected chi connectivity index (χ3v) is 3.93. The predicted octanol–water partition coefficient (Wildman–Crippen LogP) is 2.92. The number of hydrogen-bond donors (Lipinski definition) is 1. The second-order valence-corrected chi connectivity index (χ2v) is 5.40. The van der Waals surface area contributed by atoms with Crippen LogP contribution >= 0.6 is 12.4 Å². The molecule has 24 heavy (non-hydrogen) atoms. The summed E-state index contributed by atoms with van der Waals surface area (Å²) in [5, 5.41) is 8.83. The van der Waals surface area contributed by atoms with Gasteiger partial charge in [-0.25, -0.2) is 0 Å². The Morgan fingerprint density at radius 2 is 1.38 bits per heavy atom. The molecule has 0 atom stereocenters. The second kappa shape index (κ2) is 7.27. The Labute approximate surface area is 145 Å². The molecule has 124 valence electrons. The van der Waals surface area contributed by atoms with Gasteiger partial charge in [0.25, 0.3) is 11.8 Å². The van der Waals surface area contributed by atoms with E-state index in [-0.39, 0.29) is 37.2 Å². The molecule has 0 radical (unpaired) electrons. The molecule has 0 spiro atoms. The van der Waals surface area contributed by atoms with E-state index >= 15 is 0 Å². The number of carboxylic acids is 1. The SMILES string of the molecule is Cl.O=C(O)CCc1ccccc1CN1C(=O)c2ccccc2C1=O. The van der Waals surface area contributed by atoms with Crippen molar-refractivity contribution in [2.24, 2.45) is 0 Å². The van der Waals surface area contributed by atoms with Crippen LogP contribution in [0.5, 0.6) is 0 Å². The fraction of sp³-hybridized carbons (Fsp3) is 0.167. The van der Waals surface area contributed by atoms with E-state index in [1.54, 1.807) is 24.3 Å². The van der Waals surface area contributed by atoms with Crippen molar-refractivity contribution in [3.63, 3.8) is 0 Å². The summed E-state index contributed by atoms with van der Waals surface area (Å²) in [7, 11) is 0. The average Bonchev–Trinajstić information content (AvgIpc) is 2.79. The molecular weight excluding hydrogens is 330 g/mol. The summed E-state index contributed by atoms with van der Waals surface area (Å²) < 4.78 is 0. The molecule has 0 saturated carbocycles. The van der Waals surface area contributed by atoms with E-state index in [4.69, 9.17) is 5.11 Å². The van der Waals surface area contributed by atoms with Crippen LogP contribution in [0.1, 0.15) is 38.3 Å². The summed E-state index contributed by atoms with van der Waals surface area (Å²) >= 11 is 0. The van der Waals surface area contributed by atoms with Gasteiger partial charge in [0.05, 0.1) is 17.7 Å². The van der Waals surface area contributed by atoms with Crippen LogP contribution in [0, 0.1) is 0 Å². The van der Waals surface area contributed by atoms with Crippen molar-refractivity contribution < 1.29 is 19.5 Å². The number of hydrogen-bond acceptors (Lipinski definition) is 3. The molecule has 2 amide bonds. The summed E-state index contributed by atoms with van der Waals surface area (Å²) in [5.74, 6) is -1.49. The van der Waals surface area contributed by atoms with Gasteiger partial charge in [-0.1, -0.05) is 36.4 Å². The molecule has 0 saturated heterocycles. The highest BCUT2D eigenvalue weighted by molar-refractivity contribution is 6.21. The highest BCUT2D eigenvalue weighted by atomic mass is 35.5. The first kappa shape index (κ1) is 17.7. The van der Waals surface area contributed by atoms with Gasteiger partial charge in [-0.05, 0) is 29.7 Å². The first-order valence-corrected chi connectivity index (χ1v) is 7.31. The zero-order valence-electron chi connectivity index (χ0n) is 12.8. The van der Waals surface area contributed by atoms with Crippen LogP contribution in [0.4, 0.5) is 0 Å². The van der Waals surface area contributed by atoms with Crippen molar-refractivity contribution >= 4 is 30.2 Å². The molecule has 1 aliphatic heterocycles. The molecule has 0 fully saturated rings. The Balaban J connectivity index is 0.00000208. The zero-order chi connectivity index (χ0) is 16.4. The van der Waals surface area contributed by atoms with E-state index < -0.39 is 5.97 Å². The van der Waals surface area contributed by atoms with E-state index in [0.29, 0.717) is 17.5 Å². The number of carboxylic acid groups (broad SMARTS) is 1. The molecule has 2 aromatic rings. The number of amides is 2. The topological polar surface area (TPSA) is 74.7 Å². The van der Waals surface area contributed by atoms with Gasteiger partial charge in [-0.2, -0.15) is 0 Å². The van der Waals surface area contributed by atoms with Crippen molar-refractivity contribution in [2.75, 3.05) is 0 Å². The molecule has 5 nitrogen and oxygen atoms in total. The van der Waals surface area contributed by atoms with Crippen LogP contribution in [0.3, 0.4) is 0 Å². The average molecular weight is 346 g/mol. The molecular formula is C18H16ClNO4. The summed E-state index contributed by atoms with van der Waals surface area (Å²) in [4.78, 5) is 36.8. The third kappa shape index (κ3) is 3.31. The van der Waals surface area contributed by atoms with Crippen molar-refractivity contribution in [3.05, 3.63) is 70.8 Å². The smallest absolute Gasteiger partial charge is 0.303 e. The van der Waals surface area contributed by atoms with Crippen LogP contribution in [0.2, 0.25) is 0 Å². The van der Waals surface area contributed by atoms with Crippen molar-refractivity contribution in [3.8, 4) is 0 Å². The van der Waals surface area contributed by atoms with Crippen LogP contribution in [-0.4, -0.2) is 27.8 Å². The number of aliphatic carboxylic acids is 1. The van der Waals surface area contributed by atoms with E-state index in [0.717, 1.165) is 11.1 Å². The molecule has 1 N–H and O–H groups in total. The fourth-order valence-corrected chi connectivity index (χ4v) is 2.75. The van der Waals surface area contributed by atoms with E-state index in [9.17, 15) is 14.4 Å². The lowest BCUT2D eigenvalue weighted by atomic mass is 10.0. The lowest BCUT2D eigenvalue weighted by Gasteiger charge is -2.16. The molecule has 0 unspecified atom stereocenters. The molecule has 1 aliphatic rings. The molecule has 3 rings (SSSR count). The van der Waals surface area contributed by atoms with Gasteiger partial charge in [-0.15, -0.1) is 12.4 Å². The Morgan fingerprint density at radius 1 is 0.875 bits per heavy atom. The summed E-state index contributed by atoms with van der Waals surface area (Å²) in [5.41, 5.74) is 2.47. The predicted molar refractivity (Wildman–Crippen MR) is 90.3 cm³/mol. The normalized spacial score (nSPS) is 12.8. The fourth-order valence-electron chi connectivity index (χ4n) is 2.75. The number of carbonyl (C=O) groups is 3. The molecule has 2 aromatic carbocycles. The standard InChI is InChI=1S/C18H15NO4.ClH/c20-16(21)10-9-12-5-1-2-6-13(12)11-19-17(22)14-7-3-4-8-15(14)18(19)23;/h1-8H,9-11H2,(H,20,21);1H. The van der Waals surface area contributed by atoms with Gasteiger partial charge < -0.3 is 5.11 Å². The summed E-state index contributed by atoms with van der Waals surface area (Å²) in [6.45, 7) is 0.155. The highest BCUT2D eigenvalue weighted by Gasteiger charge is 2.35. The van der Waals surface area contributed by atoms with Gasteiger partial charge in [0.1, 0.15) is 0 Å². The number of carbonyl (C=O) groups excluding carboxylic acids is 2. The number of halogens is 1. The number of rotatable bonds is 5. The van der Waals surface area contributed by atoms with Crippen LogP contribution in [0.15, 0.2) is 48.5 Å². The summed E-state index contributed by atoms with van der Waals surface area (Å²) in [6.07, 6.45) is 0.383. The minimum absolute atomic E-state index is 0. The van der Waals surface area contributed by atoms with Gasteiger partial charge in [0.2, 0.25) is 0 Å². The van der Waals surface area contributed by atoms with Gasteiger partial charge >= 0.3 is 5.97 Å². The Morgan fingerprint density at radius 3 is 1.92 bits per heavy atom. The Bertz CT molecular complexity index is 768. The quantitative estimate of drug-likeness (QED) is 0.845. The van der Waals surface area contributed by atoms with Crippen LogP contribution < -0.4 is 0 Å². The molecule has 1 heterocycles. The monoisotopic (exact) mass is 345 g/mol.